The highest BCUT2D eigenvalue weighted by molar-refractivity contribution is 6.30. The van der Waals surface area contributed by atoms with Crippen molar-refractivity contribution >= 4 is 17.3 Å². The molecule has 1 aromatic rings. The first-order valence-electron chi connectivity index (χ1n) is 5.49. The molecule has 0 spiro atoms. The Morgan fingerprint density at radius 1 is 1.56 bits per heavy atom. The zero-order chi connectivity index (χ0) is 11.6. The fraction of sp³-hybridized carbons (Fsp3) is 0.500. The molecule has 16 heavy (non-hydrogen) atoms. The number of hydrogen-bond acceptors (Lipinski definition) is 3. The highest BCUT2D eigenvalue weighted by Crippen LogP contribution is 2.27. The van der Waals surface area contributed by atoms with Crippen LogP contribution in [-0.2, 0) is 0 Å². The van der Waals surface area contributed by atoms with Gasteiger partial charge in [-0.3, -0.25) is 0 Å². The van der Waals surface area contributed by atoms with E-state index in [9.17, 15) is 5.11 Å². The molecule has 1 saturated heterocycles. The first kappa shape index (κ1) is 11.7. The average Bonchev–Trinajstić information content (AvgIpc) is 2.74. The predicted molar refractivity (Wildman–Crippen MR) is 67.2 cm³/mol. The third-order valence-corrected chi connectivity index (χ3v) is 3.60. The Hall–Kier alpha value is -0.770. The van der Waals surface area contributed by atoms with E-state index in [1.807, 2.05) is 25.2 Å². The van der Waals surface area contributed by atoms with Crippen LogP contribution >= 0.6 is 11.6 Å². The largest absolute Gasteiger partial charge is 0.394 e. The van der Waals surface area contributed by atoms with Gasteiger partial charge >= 0.3 is 0 Å². The van der Waals surface area contributed by atoms with Crippen molar-refractivity contribution in [1.82, 2.24) is 5.32 Å². The lowest BCUT2D eigenvalue weighted by Gasteiger charge is -2.27. The van der Waals surface area contributed by atoms with Crippen LogP contribution in [0, 0.1) is 0 Å². The maximum atomic E-state index is 9.42. The average molecular weight is 241 g/mol. The SMILES string of the molecule is CNC1(CO)CCN(c2cccc(Cl)c2)C1. The normalized spacial score (nSPS) is 25.1. The molecule has 1 unspecified atom stereocenters. The number of anilines is 1. The van der Waals surface area contributed by atoms with E-state index in [0.29, 0.717) is 0 Å². The maximum absolute atomic E-state index is 9.42. The molecule has 0 amide bonds. The molecule has 88 valence electrons. The highest BCUT2D eigenvalue weighted by Gasteiger charge is 2.36. The van der Waals surface area contributed by atoms with Crippen LogP contribution in [0.25, 0.3) is 0 Å². The summed E-state index contributed by atoms with van der Waals surface area (Å²) in [5.74, 6) is 0. The lowest BCUT2D eigenvalue weighted by molar-refractivity contribution is 0.184. The molecule has 0 aliphatic carbocycles. The zero-order valence-corrected chi connectivity index (χ0v) is 10.2. The molecule has 3 nitrogen and oxygen atoms in total. The van der Waals surface area contributed by atoms with Crippen LogP contribution in [-0.4, -0.2) is 37.4 Å². The summed E-state index contributed by atoms with van der Waals surface area (Å²) in [4.78, 5) is 2.25. The minimum Gasteiger partial charge on any atom is -0.394 e. The summed E-state index contributed by atoms with van der Waals surface area (Å²) >= 11 is 5.97. The van der Waals surface area contributed by atoms with Crippen molar-refractivity contribution < 1.29 is 5.11 Å². The van der Waals surface area contributed by atoms with Crippen molar-refractivity contribution in [2.24, 2.45) is 0 Å². The van der Waals surface area contributed by atoms with E-state index in [-0.39, 0.29) is 12.1 Å². The monoisotopic (exact) mass is 240 g/mol. The topological polar surface area (TPSA) is 35.5 Å². The molecule has 2 N–H and O–H groups in total. The van der Waals surface area contributed by atoms with Gasteiger partial charge in [0, 0.05) is 23.8 Å². The van der Waals surface area contributed by atoms with Gasteiger partial charge in [-0.05, 0) is 31.7 Å². The van der Waals surface area contributed by atoms with Gasteiger partial charge in [0.15, 0.2) is 0 Å². The summed E-state index contributed by atoms with van der Waals surface area (Å²) in [6.07, 6.45) is 0.951. The number of benzene rings is 1. The zero-order valence-electron chi connectivity index (χ0n) is 9.41. The number of hydrogen-bond donors (Lipinski definition) is 2. The summed E-state index contributed by atoms with van der Waals surface area (Å²) in [6.45, 7) is 1.93. The van der Waals surface area contributed by atoms with Gasteiger partial charge in [0.1, 0.15) is 0 Å². The van der Waals surface area contributed by atoms with Crippen molar-refractivity contribution in [2.45, 2.75) is 12.0 Å². The van der Waals surface area contributed by atoms with Crippen molar-refractivity contribution in [1.29, 1.82) is 0 Å². The number of nitrogens with one attached hydrogen (secondary N) is 1. The van der Waals surface area contributed by atoms with Gasteiger partial charge in [0.05, 0.1) is 12.1 Å². The van der Waals surface area contributed by atoms with Gasteiger partial charge in [0.2, 0.25) is 0 Å². The molecule has 4 heteroatoms. The number of nitrogens with zero attached hydrogens (tertiary/aromatic N) is 1. The first-order chi connectivity index (χ1) is 7.69. The molecule has 1 heterocycles. The number of likely N-dealkylation sites (N-methyl/N-ethyl adjacent to an activating group) is 1. The molecule has 1 aliphatic rings. The van der Waals surface area contributed by atoms with Crippen LogP contribution in [0.2, 0.25) is 5.02 Å². The summed E-state index contributed by atoms with van der Waals surface area (Å²) in [5.41, 5.74) is 0.959. The lowest BCUT2D eigenvalue weighted by atomic mass is 10.0. The molecule has 1 fully saturated rings. The second-order valence-electron chi connectivity index (χ2n) is 4.34. The molecular formula is C12H17ClN2O. The fourth-order valence-corrected chi connectivity index (χ4v) is 2.36. The van der Waals surface area contributed by atoms with Gasteiger partial charge in [-0.2, -0.15) is 0 Å². The molecule has 1 aliphatic heterocycles. The third-order valence-electron chi connectivity index (χ3n) is 3.36. The Bertz CT molecular complexity index is 366. The number of aliphatic hydroxyl groups excluding tert-OH is 1. The number of aliphatic hydroxyl groups is 1. The maximum Gasteiger partial charge on any atom is 0.0631 e. The van der Waals surface area contributed by atoms with Crippen LogP contribution < -0.4 is 10.2 Å². The van der Waals surface area contributed by atoms with E-state index < -0.39 is 0 Å². The van der Waals surface area contributed by atoms with E-state index in [2.05, 4.69) is 16.3 Å². The van der Waals surface area contributed by atoms with Crippen molar-refractivity contribution in [3.05, 3.63) is 29.3 Å². The lowest BCUT2D eigenvalue weighted by Crippen LogP contribution is -2.48. The first-order valence-corrected chi connectivity index (χ1v) is 5.87. The van der Waals surface area contributed by atoms with E-state index in [0.717, 1.165) is 30.2 Å². The van der Waals surface area contributed by atoms with E-state index in [1.54, 1.807) is 0 Å². The summed E-state index contributed by atoms with van der Waals surface area (Å²) in [6, 6.07) is 7.84. The second-order valence-corrected chi connectivity index (χ2v) is 4.78. The third kappa shape index (κ3) is 2.17. The smallest absolute Gasteiger partial charge is 0.0631 e. The summed E-state index contributed by atoms with van der Waals surface area (Å²) in [7, 11) is 1.90. The Morgan fingerprint density at radius 3 is 2.94 bits per heavy atom. The summed E-state index contributed by atoms with van der Waals surface area (Å²) in [5, 5.41) is 13.4. The second kappa shape index (κ2) is 4.62. The molecule has 2 rings (SSSR count). The standard InChI is InChI=1S/C12H17ClN2O/c1-14-12(9-16)5-6-15(8-12)11-4-2-3-10(13)7-11/h2-4,7,14,16H,5-6,8-9H2,1H3. The molecule has 0 aromatic heterocycles. The van der Waals surface area contributed by atoms with E-state index in [1.165, 1.54) is 0 Å². The fourth-order valence-electron chi connectivity index (χ4n) is 2.18. The molecular weight excluding hydrogens is 224 g/mol. The Morgan fingerprint density at radius 2 is 2.38 bits per heavy atom. The Labute approximate surface area is 101 Å². The highest BCUT2D eigenvalue weighted by atomic mass is 35.5. The van der Waals surface area contributed by atoms with Crippen molar-refractivity contribution in [3.8, 4) is 0 Å². The quantitative estimate of drug-likeness (QED) is 0.841. The van der Waals surface area contributed by atoms with Crippen molar-refractivity contribution in [3.63, 3.8) is 0 Å². The predicted octanol–water partition coefficient (Wildman–Crippen LogP) is 1.50. The van der Waals surface area contributed by atoms with Crippen LogP contribution in [0.15, 0.2) is 24.3 Å². The minimum absolute atomic E-state index is 0.164. The van der Waals surface area contributed by atoms with Gasteiger partial charge < -0.3 is 15.3 Å². The van der Waals surface area contributed by atoms with Crippen LogP contribution in [0.5, 0.6) is 0 Å². The number of rotatable bonds is 3. The molecule has 0 saturated carbocycles. The molecule has 0 radical (unpaired) electrons. The van der Waals surface area contributed by atoms with Gasteiger partial charge in [-0.15, -0.1) is 0 Å². The van der Waals surface area contributed by atoms with Crippen molar-refractivity contribution in [2.75, 3.05) is 31.6 Å². The summed E-state index contributed by atoms with van der Waals surface area (Å²) < 4.78 is 0. The van der Waals surface area contributed by atoms with Gasteiger partial charge in [0.25, 0.3) is 0 Å². The van der Waals surface area contributed by atoms with Crippen LogP contribution in [0.1, 0.15) is 6.42 Å². The Balaban J connectivity index is 2.14. The molecule has 1 aromatic carbocycles. The minimum atomic E-state index is -0.164. The molecule has 0 bridgehead atoms. The van der Waals surface area contributed by atoms with E-state index in [4.69, 9.17) is 11.6 Å². The Kier molecular flexibility index (Phi) is 3.38. The molecule has 1 atom stereocenters. The van der Waals surface area contributed by atoms with E-state index >= 15 is 0 Å². The van der Waals surface area contributed by atoms with Gasteiger partial charge in [-0.25, -0.2) is 0 Å². The van der Waals surface area contributed by atoms with Crippen LogP contribution in [0.3, 0.4) is 0 Å². The number of halogens is 1. The van der Waals surface area contributed by atoms with Gasteiger partial charge in [-0.1, -0.05) is 17.7 Å². The van der Waals surface area contributed by atoms with Crippen LogP contribution in [0.4, 0.5) is 5.69 Å².